The van der Waals surface area contributed by atoms with Crippen LogP contribution in [-0.4, -0.2) is 20.6 Å². The van der Waals surface area contributed by atoms with Gasteiger partial charge in [0, 0.05) is 24.5 Å². The molecule has 0 spiro atoms. The van der Waals surface area contributed by atoms with Gasteiger partial charge in [-0.1, -0.05) is 0 Å². The Morgan fingerprint density at radius 1 is 1.53 bits per heavy atom. The third-order valence-electron chi connectivity index (χ3n) is 2.51. The minimum Gasteiger partial charge on any atom is -0.478 e. The first-order chi connectivity index (χ1) is 8.13. The molecule has 5 heteroatoms. The van der Waals surface area contributed by atoms with Gasteiger partial charge in [-0.25, -0.2) is 14.2 Å². The molecule has 2 aromatic rings. The van der Waals surface area contributed by atoms with Crippen molar-refractivity contribution in [2.45, 2.75) is 13.5 Å². The fourth-order valence-electron chi connectivity index (χ4n) is 1.65. The molecule has 17 heavy (non-hydrogen) atoms. The van der Waals surface area contributed by atoms with E-state index in [1.807, 2.05) is 11.5 Å². The minimum absolute atomic E-state index is 0.340. The summed E-state index contributed by atoms with van der Waals surface area (Å²) in [4.78, 5) is 15.0. The van der Waals surface area contributed by atoms with Gasteiger partial charge in [-0.05, 0) is 25.1 Å². The first-order valence-corrected chi connectivity index (χ1v) is 5.18. The van der Waals surface area contributed by atoms with E-state index in [2.05, 4.69) is 4.98 Å². The van der Waals surface area contributed by atoms with E-state index in [1.165, 1.54) is 12.1 Å². The maximum absolute atomic E-state index is 13.2. The van der Waals surface area contributed by atoms with Gasteiger partial charge in [0.1, 0.15) is 11.6 Å². The monoisotopic (exact) mass is 234 g/mol. The molecule has 1 aromatic heterocycles. The Hall–Kier alpha value is -2.17. The van der Waals surface area contributed by atoms with Crippen LogP contribution in [-0.2, 0) is 6.54 Å². The van der Waals surface area contributed by atoms with Crippen LogP contribution < -0.4 is 0 Å². The van der Waals surface area contributed by atoms with Crippen molar-refractivity contribution >= 4 is 5.97 Å². The van der Waals surface area contributed by atoms with Crippen LogP contribution in [0.15, 0.2) is 30.6 Å². The lowest BCUT2D eigenvalue weighted by molar-refractivity contribution is 0.0692. The van der Waals surface area contributed by atoms with Gasteiger partial charge >= 0.3 is 5.97 Å². The molecular weight excluding hydrogens is 223 g/mol. The third kappa shape index (κ3) is 2.04. The number of carboxylic acid groups (broad SMARTS) is 1. The van der Waals surface area contributed by atoms with Crippen molar-refractivity contribution in [3.05, 3.63) is 42.0 Å². The molecule has 0 unspecified atom stereocenters. The predicted octanol–water partition coefficient (Wildman–Crippen LogP) is 2.41. The molecule has 0 saturated carbocycles. The maximum atomic E-state index is 13.2. The van der Waals surface area contributed by atoms with Gasteiger partial charge < -0.3 is 9.67 Å². The standard InChI is InChI=1S/C12H11FN2O2/c1-2-15-6-5-14-11(15)8-3-4-10(13)9(7-8)12(16)17/h3-7H,2H2,1H3,(H,16,17). The molecule has 0 aliphatic rings. The molecule has 0 aliphatic heterocycles. The fourth-order valence-corrected chi connectivity index (χ4v) is 1.65. The molecule has 0 aliphatic carbocycles. The summed E-state index contributed by atoms with van der Waals surface area (Å²) in [5, 5.41) is 8.85. The van der Waals surface area contributed by atoms with Crippen LogP contribution in [0.1, 0.15) is 17.3 Å². The number of carbonyl (C=O) groups is 1. The summed E-state index contributed by atoms with van der Waals surface area (Å²) < 4.78 is 15.1. The van der Waals surface area contributed by atoms with Crippen LogP contribution >= 0.6 is 0 Å². The summed E-state index contributed by atoms with van der Waals surface area (Å²) in [6.07, 6.45) is 3.42. The number of halogens is 1. The Labute approximate surface area is 97.3 Å². The predicted molar refractivity (Wildman–Crippen MR) is 60.3 cm³/mol. The normalized spacial score (nSPS) is 10.5. The maximum Gasteiger partial charge on any atom is 0.338 e. The molecule has 0 fully saturated rings. The molecule has 4 nitrogen and oxygen atoms in total. The molecule has 0 atom stereocenters. The van der Waals surface area contributed by atoms with Crippen molar-refractivity contribution in [2.24, 2.45) is 0 Å². The van der Waals surface area contributed by atoms with Crippen molar-refractivity contribution in [3.63, 3.8) is 0 Å². The van der Waals surface area contributed by atoms with E-state index in [0.717, 1.165) is 12.6 Å². The highest BCUT2D eigenvalue weighted by Crippen LogP contribution is 2.20. The number of imidazole rings is 1. The molecule has 0 radical (unpaired) electrons. The summed E-state index contributed by atoms with van der Waals surface area (Å²) in [7, 11) is 0. The van der Waals surface area contributed by atoms with Crippen LogP contribution in [0.3, 0.4) is 0 Å². The van der Waals surface area contributed by atoms with Crippen molar-refractivity contribution < 1.29 is 14.3 Å². The SMILES string of the molecule is CCn1ccnc1-c1ccc(F)c(C(=O)O)c1. The minimum atomic E-state index is -1.28. The zero-order valence-corrected chi connectivity index (χ0v) is 9.22. The Bertz CT molecular complexity index is 563. The van der Waals surface area contributed by atoms with E-state index in [0.29, 0.717) is 11.4 Å². The van der Waals surface area contributed by atoms with Crippen LogP contribution in [0.25, 0.3) is 11.4 Å². The Balaban J connectivity index is 2.54. The van der Waals surface area contributed by atoms with Crippen LogP contribution in [0.4, 0.5) is 4.39 Å². The van der Waals surface area contributed by atoms with E-state index in [1.54, 1.807) is 12.4 Å². The molecule has 1 aromatic carbocycles. The number of nitrogens with zero attached hydrogens (tertiary/aromatic N) is 2. The van der Waals surface area contributed by atoms with Gasteiger partial charge in [0.15, 0.2) is 0 Å². The number of benzene rings is 1. The summed E-state index contributed by atoms with van der Waals surface area (Å²) in [6, 6.07) is 3.97. The molecule has 2 rings (SSSR count). The molecule has 1 N–H and O–H groups in total. The lowest BCUT2D eigenvalue weighted by atomic mass is 10.1. The lowest BCUT2D eigenvalue weighted by Gasteiger charge is -2.06. The Morgan fingerprint density at radius 3 is 2.94 bits per heavy atom. The molecule has 0 amide bonds. The fraction of sp³-hybridized carbons (Fsp3) is 0.167. The van der Waals surface area contributed by atoms with Gasteiger partial charge in [0.05, 0.1) is 5.56 Å². The lowest BCUT2D eigenvalue weighted by Crippen LogP contribution is -2.02. The van der Waals surface area contributed by atoms with E-state index < -0.39 is 11.8 Å². The topological polar surface area (TPSA) is 55.1 Å². The Morgan fingerprint density at radius 2 is 2.29 bits per heavy atom. The van der Waals surface area contributed by atoms with Gasteiger partial charge in [-0.3, -0.25) is 0 Å². The van der Waals surface area contributed by atoms with Crippen molar-refractivity contribution in [1.29, 1.82) is 0 Å². The highest BCUT2D eigenvalue weighted by Gasteiger charge is 2.13. The summed E-state index contributed by atoms with van der Waals surface area (Å²) in [6.45, 7) is 2.67. The van der Waals surface area contributed by atoms with Gasteiger partial charge in [-0.15, -0.1) is 0 Å². The van der Waals surface area contributed by atoms with E-state index in [-0.39, 0.29) is 5.56 Å². The van der Waals surface area contributed by atoms with E-state index >= 15 is 0 Å². The number of aromatic nitrogens is 2. The molecule has 1 heterocycles. The second kappa shape index (κ2) is 4.37. The number of aryl methyl sites for hydroxylation is 1. The largest absolute Gasteiger partial charge is 0.478 e. The smallest absolute Gasteiger partial charge is 0.338 e. The molecule has 0 saturated heterocycles. The number of rotatable bonds is 3. The first kappa shape index (κ1) is 11.3. The third-order valence-corrected chi connectivity index (χ3v) is 2.51. The van der Waals surface area contributed by atoms with Crippen molar-refractivity contribution in [1.82, 2.24) is 9.55 Å². The van der Waals surface area contributed by atoms with Gasteiger partial charge in [-0.2, -0.15) is 0 Å². The number of hydrogen-bond donors (Lipinski definition) is 1. The second-order valence-electron chi connectivity index (χ2n) is 3.54. The molecular formula is C12H11FN2O2. The summed E-state index contributed by atoms with van der Waals surface area (Å²) in [5.74, 6) is -1.38. The average molecular weight is 234 g/mol. The zero-order chi connectivity index (χ0) is 12.4. The van der Waals surface area contributed by atoms with Crippen LogP contribution in [0.5, 0.6) is 0 Å². The highest BCUT2D eigenvalue weighted by atomic mass is 19.1. The average Bonchev–Trinajstić information content (AvgIpc) is 2.77. The first-order valence-electron chi connectivity index (χ1n) is 5.18. The quantitative estimate of drug-likeness (QED) is 0.887. The van der Waals surface area contributed by atoms with Gasteiger partial charge in [0.25, 0.3) is 0 Å². The van der Waals surface area contributed by atoms with Crippen LogP contribution in [0, 0.1) is 5.82 Å². The summed E-state index contributed by atoms with van der Waals surface area (Å²) >= 11 is 0. The number of hydrogen-bond acceptors (Lipinski definition) is 2. The molecule has 0 bridgehead atoms. The van der Waals surface area contributed by atoms with Crippen molar-refractivity contribution in [2.75, 3.05) is 0 Å². The second-order valence-corrected chi connectivity index (χ2v) is 3.54. The van der Waals surface area contributed by atoms with E-state index in [4.69, 9.17) is 5.11 Å². The number of aromatic carboxylic acids is 1. The van der Waals surface area contributed by atoms with Crippen LogP contribution in [0.2, 0.25) is 0 Å². The van der Waals surface area contributed by atoms with Crippen molar-refractivity contribution in [3.8, 4) is 11.4 Å². The summed E-state index contributed by atoms with van der Waals surface area (Å²) in [5.41, 5.74) is 0.254. The molecule has 88 valence electrons. The number of carboxylic acids is 1. The van der Waals surface area contributed by atoms with E-state index in [9.17, 15) is 9.18 Å². The Kier molecular flexibility index (Phi) is 2.91. The highest BCUT2D eigenvalue weighted by molar-refractivity contribution is 5.89. The zero-order valence-electron chi connectivity index (χ0n) is 9.22. The van der Waals surface area contributed by atoms with Gasteiger partial charge in [0.2, 0.25) is 0 Å².